The molecule has 0 aliphatic heterocycles. The van der Waals surface area contributed by atoms with E-state index in [1.54, 1.807) is 0 Å². The summed E-state index contributed by atoms with van der Waals surface area (Å²) in [6.07, 6.45) is 15.8. The van der Waals surface area contributed by atoms with Crippen molar-refractivity contribution in [2.45, 2.75) is 89.6 Å². The van der Waals surface area contributed by atoms with Crippen LogP contribution in [-0.4, -0.2) is 46.2 Å². The van der Waals surface area contributed by atoms with Crippen LogP contribution in [0.3, 0.4) is 0 Å². The lowest BCUT2D eigenvalue weighted by molar-refractivity contribution is 0.0950. The molecule has 0 radical (unpaired) electrons. The number of aryl methyl sites for hydroxylation is 1. The second-order valence-electron chi connectivity index (χ2n) is 11.5. The number of rotatable bonds is 8. The smallest absolute Gasteiger partial charge is 0.251 e. The first-order valence-electron chi connectivity index (χ1n) is 14.3. The maximum absolute atomic E-state index is 12.7. The number of fused-ring (bicyclic) bond motifs is 1. The number of hydrogen-bond acceptors (Lipinski definition) is 5. The Bertz CT molecular complexity index is 1270. The second kappa shape index (κ2) is 10.3. The number of amides is 1. The Hall–Kier alpha value is -3.09. The first-order chi connectivity index (χ1) is 18.1. The van der Waals surface area contributed by atoms with Crippen molar-refractivity contribution in [3.63, 3.8) is 0 Å². The van der Waals surface area contributed by atoms with Crippen molar-refractivity contribution in [2.24, 2.45) is 5.92 Å². The van der Waals surface area contributed by atoms with E-state index in [0.717, 1.165) is 64.8 Å². The molecule has 0 atom stereocenters. The Morgan fingerprint density at radius 3 is 2.51 bits per heavy atom. The summed E-state index contributed by atoms with van der Waals surface area (Å²) in [5, 5.41) is 11.6. The Balaban J connectivity index is 1.34. The van der Waals surface area contributed by atoms with Crippen molar-refractivity contribution in [3.05, 3.63) is 41.6 Å². The fourth-order valence-corrected chi connectivity index (χ4v) is 6.16. The maximum atomic E-state index is 12.7. The quantitative estimate of drug-likeness (QED) is 0.399. The van der Waals surface area contributed by atoms with Crippen molar-refractivity contribution < 1.29 is 4.79 Å². The summed E-state index contributed by atoms with van der Waals surface area (Å²) in [4.78, 5) is 20.2. The number of nitrogens with one attached hydrogen (secondary N) is 2. The summed E-state index contributed by atoms with van der Waals surface area (Å²) in [5.74, 6) is 2.77. The van der Waals surface area contributed by atoms with E-state index in [0.29, 0.717) is 12.1 Å². The first kappa shape index (κ1) is 24.3. The highest BCUT2D eigenvalue weighted by Crippen LogP contribution is 2.33. The van der Waals surface area contributed by atoms with E-state index in [4.69, 9.17) is 10.1 Å². The summed E-state index contributed by atoms with van der Waals surface area (Å²) in [6, 6.07) is 9.16. The zero-order valence-electron chi connectivity index (χ0n) is 22.3. The third kappa shape index (κ3) is 5.18. The van der Waals surface area contributed by atoms with E-state index < -0.39 is 0 Å². The predicted octanol–water partition coefficient (Wildman–Crippen LogP) is 5.97. The summed E-state index contributed by atoms with van der Waals surface area (Å²) in [6.45, 7) is 2.99. The van der Waals surface area contributed by atoms with Gasteiger partial charge in [-0.25, -0.2) is 4.98 Å². The van der Waals surface area contributed by atoms with Crippen LogP contribution in [0.2, 0.25) is 0 Å². The van der Waals surface area contributed by atoms with Crippen LogP contribution in [0.25, 0.3) is 16.8 Å². The minimum Gasteiger partial charge on any atom is -0.370 e. The molecule has 1 amide bonds. The molecular weight excluding hydrogens is 460 g/mol. The minimum atomic E-state index is 0.0270. The Kier molecular flexibility index (Phi) is 6.78. The highest BCUT2D eigenvalue weighted by Gasteiger charge is 2.26. The van der Waals surface area contributed by atoms with Gasteiger partial charge >= 0.3 is 0 Å². The van der Waals surface area contributed by atoms with Crippen LogP contribution in [0, 0.1) is 12.8 Å². The van der Waals surface area contributed by atoms with Crippen LogP contribution in [0.1, 0.15) is 86.6 Å². The lowest BCUT2D eigenvalue weighted by atomic mass is 9.89. The number of anilines is 2. The molecule has 3 fully saturated rings. The highest BCUT2D eigenvalue weighted by molar-refractivity contribution is 5.97. The van der Waals surface area contributed by atoms with Crippen LogP contribution in [-0.2, 0) is 0 Å². The molecule has 0 saturated heterocycles. The summed E-state index contributed by atoms with van der Waals surface area (Å²) in [7, 11) is 2.19. The Morgan fingerprint density at radius 2 is 1.78 bits per heavy atom. The average molecular weight is 501 g/mol. The molecule has 7 nitrogen and oxygen atoms in total. The molecule has 0 unspecified atom stereocenters. The first-order valence-corrected chi connectivity index (χ1v) is 14.3. The largest absolute Gasteiger partial charge is 0.370 e. The van der Waals surface area contributed by atoms with Gasteiger partial charge in [0.25, 0.3) is 5.91 Å². The van der Waals surface area contributed by atoms with E-state index in [9.17, 15) is 4.79 Å². The normalized spacial score (nSPS) is 18.9. The van der Waals surface area contributed by atoms with Crippen LogP contribution in [0.4, 0.5) is 11.6 Å². The fraction of sp³-hybridized carbons (Fsp3) is 0.567. The van der Waals surface area contributed by atoms with Crippen molar-refractivity contribution >= 4 is 23.2 Å². The van der Waals surface area contributed by atoms with E-state index in [1.165, 1.54) is 57.8 Å². The van der Waals surface area contributed by atoms with Gasteiger partial charge in [-0.15, -0.1) is 0 Å². The van der Waals surface area contributed by atoms with Gasteiger partial charge in [-0.3, -0.25) is 4.79 Å². The predicted molar refractivity (Wildman–Crippen MR) is 149 cm³/mol. The van der Waals surface area contributed by atoms with Crippen molar-refractivity contribution in [2.75, 3.05) is 23.8 Å². The Labute approximate surface area is 220 Å². The SMILES string of the molecule is Cc1cc(-c2cnn3c(NCC4CCCCC4)cc(N(C)C4CCCC4)nc23)ccc1C(=O)NC1CC1. The minimum absolute atomic E-state index is 0.0270. The number of carbonyl (C=O) groups excluding carboxylic acids is 1. The third-order valence-corrected chi connectivity index (χ3v) is 8.68. The van der Waals surface area contributed by atoms with Crippen LogP contribution < -0.4 is 15.5 Å². The lowest BCUT2D eigenvalue weighted by Gasteiger charge is -2.27. The molecule has 3 aromatic rings. The molecule has 2 aromatic heterocycles. The number of aromatic nitrogens is 3. The molecule has 3 aliphatic carbocycles. The Morgan fingerprint density at radius 1 is 1.03 bits per heavy atom. The molecule has 6 rings (SSSR count). The van der Waals surface area contributed by atoms with Gasteiger partial charge in [0.15, 0.2) is 5.65 Å². The molecule has 0 bridgehead atoms. The van der Waals surface area contributed by atoms with Gasteiger partial charge in [-0.05, 0) is 68.6 Å². The van der Waals surface area contributed by atoms with Gasteiger partial charge in [0.2, 0.25) is 0 Å². The third-order valence-electron chi connectivity index (χ3n) is 8.68. The molecule has 3 aliphatic rings. The molecule has 1 aromatic carbocycles. The highest BCUT2D eigenvalue weighted by atomic mass is 16.1. The fourth-order valence-electron chi connectivity index (χ4n) is 6.16. The molecule has 196 valence electrons. The van der Waals surface area contributed by atoms with Gasteiger partial charge < -0.3 is 15.5 Å². The van der Waals surface area contributed by atoms with Crippen molar-refractivity contribution in [1.82, 2.24) is 19.9 Å². The molecule has 0 spiro atoms. The van der Waals surface area contributed by atoms with Gasteiger partial charge in [0, 0.05) is 42.9 Å². The van der Waals surface area contributed by atoms with E-state index in [-0.39, 0.29) is 5.91 Å². The zero-order chi connectivity index (χ0) is 25.4. The molecule has 3 saturated carbocycles. The molecule has 37 heavy (non-hydrogen) atoms. The van der Waals surface area contributed by atoms with Crippen LogP contribution in [0.5, 0.6) is 0 Å². The number of hydrogen-bond donors (Lipinski definition) is 2. The molecular formula is C30H40N6O. The van der Waals surface area contributed by atoms with Crippen molar-refractivity contribution in [1.29, 1.82) is 0 Å². The summed E-state index contributed by atoms with van der Waals surface area (Å²) < 4.78 is 1.97. The van der Waals surface area contributed by atoms with Crippen molar-refractivity contribution in [3.8, 4) is 11.1 Å². The van der Waals surface area contributed by atoms with Crippen LogP contribution >= 0.6 is 0 Å². The van der Waals surface area contributed by atoms with Gasteiger partial charge in [0.1, 0.15) is 11.6 Å². The summed E-state index contributed by atoms with van der Waals surface area (Å²) >= 11 is 0. The monoisotopic (exact) mass is 500 g/mol. The number of nitrogens with zero attached hydrogens (tertiary/aromatic N) is 4. The van der Waals surface area contributed by atoms with Gasteiger partial charge in [0.05, 0.1) is 6.20 Å². The maximum Gasteiger partial charge on any atom is 0.251 e. The summed E-state index contributed by atoms with van der Waals surface area (Å²) in [5.41, 5.74) is 4.63. The lowest BCUT2D eigenvalue weighted by Crippen LogP contribution is -2.30. The van der Waals surface area contributed by atoms with E-state index in [2.05, 4.69) is 34.7 Å². The van der Waals surface area contributed by atoms with E-state index in [1.807, 2.05) is 29.8 Å². The molecule has 7 heteroatoms. The van der Waals surface area contributed by atoms with E-state index >= 15 is 0 Å². The standard InChI is InChI=1S/C30H40N6O/c1-20-16-22(12-15-25(20)30(37)33-23-13-14-23)26-19-32-36-27(31-18-21-8-4-3-5-9-21)17-28(34-29(26)36)35(2)24-10-6-7-11-24/h12,15-17,19,21,23-24,31H,3-11,13-14,18H2,1-2H3,(H,33,37). The average Bonchev–Trinajstić information content (AvgIpc) is 3.38. The zero-order valence-corrected chi connectivity index (χ0v) is 22.3. The number of benzene rings is 1. The second-order valence-corrected chi connectivity index (χ2v) is 11.5. The topological polar surface area (TPSA) is 74.6 Å². The van der Waals surface area contributed by atoms with Crippen LogP contribution in [0.15, 0.2) is 30.5 Å². The molecule has 2 N–H and O–H groups in total. The van der Waals surface area contributed by atoms with Gasteiger partial charge in [-0.2, -0.15) is 9.61 Å². The molecule has 2 heterocycles. The number of carbonyl (C=O) groups is 1. The van der Waals surface area contributed by atoms with Gasteiger partial charge in [-0.1, -0.05) is 44.2 Å².